The van der Waals surface area contributed by atoms with Crippen LogP contribution >= 0.6 is 0 Å². The summed E-state index contributed by atoms with van der Waals surface area (Å²) in [6.45, 7) is 7.25. The number of alkyl carbamates (subject to hydrolysis) is 1. The molecule has 0 saturated carbocycles. The summed E-state index contributed by atoms with van der Waals surface area (Å²) < 4.78 is 44.1. The van der Waals surface area contributed by atoms with Crippen LogP contribution in [0.15, 0.2) is 0 Å². The summed E-state index contributed by atoms with van der Waals surface area (Å²) in [6.07, 6.45) is -7.34. The number of ether oxygens (including phenoxy) is 1. The van der Waals surface area contributed by atoms with E-state index in [0.717, 1.165) is 0 Å². The number of alkyl halides is 3. The molecule has 0 aromatic heterocycles. The van der Waals surface area contributed by atoms with E-state index in [4.69, 9.17) is 9.84 Å². The quantitative estimate of drug-likeness (QED) is 0.837. The summed E-state index contributed by atoms with van der Waals surface area (Å²) in [5.41, 5.74) is -4.39. The molecule has 1 atom stereocenters. The van der Waals surface area contributed by atoms with Crippen molar-refractivity contribution in [3.8, 4) is 0 Å². The molecule has 8 heteroatoms. The molecule has 0 aliphatic rings. The van der Waals surface area contributed by atoms with E-state index in [9.17, 15) is 22.8 Å². The molecule has 2 N–H and O–H groups in total. The zero-order valence-corrected chi connectivity index (χ0v) is 12.1. The van der Waals surface area contributed by atoms with Gasteiger partial charge in [-0.15, -0.1) is 0 Å². The van der Waals surface area contributed by atoms with Gasteiger partial charge in [-0.25, -0.2) is 9.59 Å². The van der Waals surface area contributed by atoms with Crippen molar-refractivity contribution in [1.29, 1.82) is 0 Å². The van der Waals surface area contributed by atoms with Crippen LogP contribution in [0.25, 0.3) is 0 Å². The van der Waals surface area contributed by atoms with Crippen molar-refractivity contribution < 1.29 is 32.6 Å². The molecule has 20 heavy (non-hydrogen) atoms. The number of carboxylic acids is 1. The minimum absolute atomic E-state index is 0.595. The number of nitrogens with one attached hydrogen (secondary N) is 1. The lowest BCUT2D eigenvalue weighted by Crippen LogP contribution is -2.65. The van der Waals surface area contributed by atoms with Crippen LogP contribution in [0.1, 0.15) is 41.0 Å². The number of hydrogen-bond donors (Lipinski definition) is 2. The lowest BCUT2D eigenvalue weighted by molar-refractivity contribution is -0.212. The molecule has 0 saturated heterocycles. The van der Waals surface area contributed by atoms with Crippen LogP contribution in [0.2, 0.25) is 0 Å². The smallest absolute Gasteiger partial charge is 0.422 e. The van der Waals surface area contributed by atoms with Crippen LogP contribution in [0.5, 0.6) is 0 Å². The van der Waals surface area contributed by atoms with Gasteiger partial charge >= 0.3 is 18.2 Å². The number of aliphatic carboxylic acids is 1. The SMILES string of the molecule is CC(C)CC(NC(=O)OC(C)(C)C)(C(=O)O)C(F)(F)F. The topological polar surface area (TPSA) is 75.6 Å². The Labute approximate surface area is 115 Å². The van der Waals surface area contributed by atoms with Crippen molar-refractivity contribution in [2.75, 3.05) is 0 Å². The molecule has 0 spiro atoms. The highest BCUT2D eigenvalue weighted by molar-refractivity contribution is 5.85. The molecule has 0 rings (SSSR count). The lowest BCUT2D eigenvalue weighted by atomic mass is 9.88. The molecular formula is C12H20F3NO4. The predicted octanol–water partition coefficient (Wildman–Crippen LogP) is 2.94. The van der Waals surface area contributed by atoms with Gasteiger partial charge in [0.2, 0.25) is 5.54 Å². The largest absolute Gasteiger partial charge is 0.479 e. The first-order valence-corrected chi connectivity index (χ1v) is 6.02. The first-order chi connectivity index (χ1) is 8.71. The van der Waals surface area contributed by atoms with Crippen molar-refractivity contribution >= 4 is 12.1 Å². The highest BCUT2D eigenvalue weighted by atomic mass is 19.4. The summed E-state index contributed by atoms with van der Waals surface area (Å²) in [4.78, 5) is 22.6. The van der Waals surface area contributed by atoms with Gasteiger partial charge in [0, 0.05) is 0 Å². The second kappa shape index (κ2) is 5.88. The number of carboxylic acid groups (broad SMARTS) is 1. The molecule has 0 bridgehead atoms. The van der Waals surface area contributed by atoms with Gasteiger partial charge in [0.1, 0.15) is 5.60 Å². The lowest BCUT2D eigenvalue weighted by Gasteiger charge is -2.34. The molecule has 0 aliphatic carbocycles. The summed E-state index contributed by atoms with van der Waals surface area (Å²) >= 11 is 0. The van der Waals surface area contributed by atoms with Crippen molar-refractivity contribution in [2.24, 2.45) is 5.92 Å². The van der Waals surface area contributed by atoms with Crippen molar-refractivity contribution in [1.82, 2.24) is 5.32 Å². The Morgan fingerprint density at radius 2 is 1.65 bits per heavy atom. The maximum absolute atomic E-state index is 13.1. The molecule has 0 aromatic rings. The van der Waals surface area contributed by atoms with Crippen LogP contribution in [-0.2, 0) is 9.53 Å². The Bertz CT molecular complexity index is 374. The molecule has 1 unspecified atom stereocenters. The van der Waals surface area contributed by atoms with Crippen LogP contribution in [0.3, 0.4) is 0 Å². The molecule has 118 valence electrons. The minimum Gasteiger partial charge on any atom is -0.479 e. The summed E-state index contributed by atoms with van der Waals surface area (Å²) in [5, 5.41) is 10.4. The Morgan fingerprint density at radius 3 is 1.90 bits per heavy atom. The Hall–Kier alpha value is -1.47. The molecule has 0 aromatic carbocycles. The minimum atomic E-state index is -5.14. The van der Waals surface area contributed by atoms with E-state index in [-0.39, 0.29) is 0 Å². The van der Waals surface area contributed by atoms with E-state index in [1.54, 1.807) is 0 Å². The van der Waals surface area contributed by atoms with E-state index >= 15 is 0 Å². The molecule has 1 amide bonds. The standard InChI is InChI=1S/C12H20F3NO4/c1-7(2)6-11(8(17)18,12(13,14)15)16-9(19)20-10(3,4)5/h7H,6H2,1-5H3,(H,16,19)(H,17,18). The average Bonchev–Trinajstić information content (AvgIpc) is 2.09. The highest BCUT2D eigenvalue weighted by Gasteiger charge is 2.62. The summed E-state index contributed by atoms with van der Waals surface area (Å²) in [5.74, 6) is -2.76. The van der Waals surface area contributed by atoms with E-state index in [1.165, 1.54) is 39.9 Å². The fourth-order valence-corrected chi connectivity index (χ4v) is 1.59. The molecule has 5 nitrogen and oxygen atoms in total. The maximum atomic E-state index is 13.1. The number of rotatable bonds is 4. The van der Waals surface area contributed by atoms with Gasteiger partial charge in [-0.1, -0.05) is 13.8 Å². The van der Waals surface area contributed by atoms with Crippen LogP contribution in [0, 0.1) is 5.92 Å². The van der Waals surface area contributed by atoms with Crippen LogP contribution in [-0.4, -0.2) is 34.5 Å². The Balaban J connectivity index is 5.43. The van der Waals surface area contributed by atoms with E-state index in [1.807, 2.05) is 0 Å². The van der Waals surface area contributed by atoms with Crippen molar-refractivity contribution in [3.63, 3.8) is 0 Å². The number of carbonyl (C=O) groups excluding carboxylic acids is 1. The van der Waals surface area contributed by atoms with Gasteiger partial charge in [-0.2, -0.15) is 13.2 Å². The fraction of sp³-hybridized carbons (Fsp3) is 0.833. The molecule has 0 heterocycles. The molecule has 0 fully saturated rings. The van der Waals surface area contributed by atoms with Crippen LogP contribution in [0.4, 0.5) is 18.0 Å². The van der Waals surface area contributed by atoms with Gasteiger partial charge in [0.05, 0.1) is 0 Å². The van der Waals surface area contributed by atoms with Gasteiger partial charge < -0.3 is 9.84 Å². The zero-order valence-electron chi connectivity index (χ0n) is 12.1. The van der Waals surface area contributed by atoms with E-state index in [0.29, 0.717) is 0 Å². The van der Waals surface area contributed by atoms with Gasteiger partial charge in [0.25, 0.3) is 0 Å². The van der Waals surface area contributed by atoms with Crippen molar-refractivity contribution in [3.05, 3.63) is 0 Å². The maximum Gasteiger partial charge on any atom is 0.422 e. The predicted molar refractivity (Wildman–Crippen MR) is 65.2 cm³/mol. The van der Waals surface area contributed by atoms with Crippen molar-refractivity contribution in [2.45, 2.75) is 58.4 Å². The Morgan fingerprint density at radius 1 is 1.20 bits per heavy atom. The monoisotopic (exact) mass is 299 g/mol. The highest BCUT2D eigenvalue weighted by Crippen LogP contribution is 2.36. The second-order valence-corrected chi connectivity index (χ2v) is 5.93. The first kappa shape index (κ1) is 18.5. The number of carbonyl (C=O) groups is 2. The third-order valence-corrected chi connectivity index (χ3v) is 2.28. The summed E-state index contributed by atoms with van der Waals surface area (Å²) in [6, 6.07) is 0. The second-order valence-electron chi connectivity index (χ2n) is 5.93. The van der Waals surface area contributed by atoms with Gasteiger partial charge in [-0.05, 0) is 33.1 Å². The van der Waals surface area contributed by atoms with Gasteiger partial charge in [-0.3, -0.25) is 5.32 Å². The average molecular weight is 299 g/mol. The summed E-state index contributed by atoms with van der Waals surface area (Å²) in [7, 11) is 0. The molecular weight excluding hydrogens is 279 g/mol. The van der Waals surface area contributed by atoms with Crippen LogP contribution < -0.4 is 5.32 Å². The third-order valence-electron chi connectivity index (χ3n) is 2.28. The number of amides is 1. The fourth-order valence-electron chi connectivity index (χ4n) is 1.59. The molecule has 0 aliphatic heterocycles. The first-order valence-electron chi connectivity index (χ1n) is 6.02. The number of hydrogen-bond acceptors (Lipinski definition) is 3. The molecule has 0 radical (unpaired) electrons. The normalized spacial score (nSPS) is 15.7. The number of halogens is 3. The Kier molecular flexibility index (Phi) is 5.45. The third kappa shape index (κ3) is 4.90. The van der Waals surface area contributed by atoms with E-state index < -0.39 is 41.7 Å². The van der Waals surface area contributed by atoms with E-state index in [2.05, 4.69) is 0 Å². The zero-order chi connectivity index (χ0) is 16.4. The van der Waals surface area contributed by atoms with Gasteiger partial charge in [0.15, 0.2) is 0 Å².